The molecule has 0 radical (unpaired) electrons. The maximum Gasteiger partial charge on any atom is 0.235 e. The van der Waals surface area contributed by atoms with Gasteiger partial charge in [-0.2, -0.15) is 5.10 Å². The van der Waals surface area contributed by atoms with Crippen molar-refractivity contribution >= 4 is 35.1 Å². The van der Waals surface area contributed by atoms with E-state index in [1.54, 1.807) is 30.1 Å². The number of aryl methyl sites for hydroxylation is 1. The van der Waals surface area contributed by atoms with Crippen molar-refractivity contribution in [3.05, 3.63) is 46.4 Å². The van der Waals surface area contributed by atoms with Gasteiger partial charge in [-0.25, -0.2) is 4.39 Å². The van der Waals surface area contributed by atoms with Crippen LogP contribution in [0.4, 0.5) is 10.2 Å². The van der Waals surface area contributed by atoms with Gasteiger partial charge in [0.2, 0.25) is 5.91 Å². The summed E-state index contributed by atoms with van der Waals surface area (Å²) in [6.07, 6.45) is 1.66. The first-order chi connectivity index (χ1) is 9.56. The molecule has 2 aromatic rings. The van der Waals surface area contributed by atoms with Crippen LogP contribution >= 0.6 is 23.4 Å². The van der Waals surface area contributed by atoms with Crippen LogP contribution in [0.5, 0.6) is 0 Å². The molecule has 0 saturated heterocycles. The topological polar surface area (TPSA) is 46.9 Å². The predicted molar refractivity (Wildman–Crippen MR) is 77.5 cm³/mol. The number of carbonyl (C=O) groups is 1. The average molecular weight is 312 g/mol. The number of nitrogens with one attached hydrogen (secondary N) is 1. The maximum atomic E-state index is 14.1. The monoisotopic (exact) mass is 311 g/mol. The Hall–Kier alpha value is -1.53. The zero-order valence-electron chi connectivity index (χ0n) is 10.6. The van der Waals surface area contributed by atoms with E-state index in [1.807, 2.05) is 0 Å². The number of rotatable bonds is 1. The number of aromatic nitrogens is 2. The number of carbonyl (C=O) groups excluding carboxylic acids is 1. The molecule has 20 heavy (non-hydrogen) atoms. The lowest BCUT2D eigenvalue weighted by atomic mass is 10.1. The molecular weight excluding hydrogens is 301 g/mol. The van der Waals surface area contributed by atoms with Crippen LogP contribution < -0.4 is 5.32 Å². The highest BCUT2D eigenvalue weighted by Crippen LogP contribution is 2.42. The molecule has 1 aliphatic rings. The number of thioether (sulfide) groups is 1. The van der Waals surface area contributed by atoms with E-state index in [-0.39, 0.29) is 22.7 Å². The van der Waals surface area contributed by atoms with E-state index in [9.17, 15) is 9.18 Å². The molecular formula is C13H11ClFN3OS. The smallest absolute Gasteiger partial charge is 0.235 e. The standard InChI is InChI=1S/C13H11ClFN3OS/c1-18-13-9(5-16-18)12(20-6-11(19)17-13)8-3-2-7(14)4-10(8)15/h2-5,12H,6H2,1H3,(H,17,19). The minimum atomic E-state index is -0.376. The van der Waals surface area contributed by atoms with Crippen LogP contribution in [-0.2, 0) is 11.8 Å². The number of fused-ring (bicyclic) bond motifs is 1. The summed E-state index contributed by atoms with van der Waals surface area (Å²) in [6.45, 7) is 0. The zero-order valence-corrected chi connectivity index (χ0v) is 12.1. The fourth-order valence-corrected chi connectivity index (χ4v) is 3.46. The molecule has 1 unspecified atom stereocenters. The lowest BCUT2D eigenvalue weighted by molar-refractivity contribution is -0.113. The summed E-state index contributed by atoms with van der Waals surface area (Å²) in [4.78, 5) is 11.7. The molecule has 0 aliphatic carbocycles. The van der Waals surface area contributed by atoms with Crippen molar-refractivity contribution in [2.45, 2.75) is 5.25 Å². The Morgan fingerprint density at radius 3 is 3.05 bits per heavy atom. The Morgan fingerprint density at radius 1 is 1.50 bits per heavy atom. The number of anilines is 1. The highest BCUT2D eigenvalue weighted by Gasteiger charge is 2.28. The molecule has 2 heterocycles. The second-order valence-corrected chi connectivity index (χ2v) is 6.01. The lowest BCUT2D eigenvalue weighted by Crippen LogP contribution is -2.15. The summed E-state index contributed by atoms with van der Waals surface area (Å²) >= 11 is 7.16. The summed E-state index contributed by atoms with van der Waals surface area (Å²) in [5.74, 6) is 0.386. The van der Waals surface area contributed by atoms with Gasteiger partial charge in [-0.3, -0.25) is 9.48 Å². The first-order valence-electron chi connectivity index (χ1n) is 5.94. The van der Waals surface area contributed by atoms with Crippen molar-refractivity contribution in [3.63, 3.8) is 0 Å². The van der Waals surface area contributed by atoms with Gasteiger partial charge in [0.05, 0.1) is 17.2 Å². The molecule has 1 atom stereocenters. The molecule has 0 fully saturated rings. The second-order valence-electron chi connectivity index (χ2n) is 4.48. The molecule has 0 spiro atoms. The molecule has 104 valence electrons. The van der Waals surface area contributed by atoms with Gasteiger partial charge in [-0.05, 0) is 12.1 Å². The van der Waals surface area contributed by atoms with Gasteiger partial charge in [0.25, 0.3) is 0 Å². The average Bonchev–Trinajstić information content (AvgIpc) is 2.65. The minimum absolute atomic E-state index is 0.114. The van der Waals surface area contributed by atoms with Gasteiger partial charge in [0, 0.05) is 23.2 Å². The molecule has 7 heteroatoms. The third kappa shape index (κ3) is 2.29. The van der Waals surface area contributed by atoms with Crippen molar-refractivity contribution in [1.29, 1.82) is 0 Å². The van der Waals surface area contributed by atoms with E-state index < -0.39 is 0 Å². The Bertz CT molecular complexity index is 688. The first kappa shape index (κ1) is 13.5. The van der Waals surface area contributed by atoms with E-state index in [4.69, 9.17) is 11.6 Å². The molecule has 0 saturated carbocycles. The SMILES string of the molecule is Cn1ncc2c1NC(=O)CSC2c1ccc(Cl)cc1F. The second kappa shape index (κ2) is 5.10. The van der Waals surface area contributed by atoms with Crippen LogP contribution in [0.3, 0.4) is 0 Å². The number of halogens is 2. The van der Waals surface area contributed by atoms with E-state index in [0.29, 0.717) is 16.4 Å². The van der Waals surface area contributed by atoms with Crippen molar-refractivity contribution in [3.8, 4) is 0 Å². The number of hydrogen-bond donors (Lipinski definition) is 1. The molecule has 1 aromatic carbocycles. The summed E-state index contributed by atoms with van der Waals surface area (Å²) < 4.78 is 15.7. The summed E-state index contributed by atoms with van der Waals surface area (Å²) in [6, 6.07) is 4.59. The van der Waals surface area contributed by atoms with Gasteiger partial charge in [0.1, 0.15) is 11.6 Å². The van der Waals surface area contributed by atoms with Gasteiger partial charge >= 0.3 is 0 Å². The molecule has 4 nitrogen and oxygen atoms in total. The Morgan fingerprint density at radius 2 is 2.30 bits per heavy atom. The van der Waals surface area contributed by atoms with Crippen LogP contribution in [0.1, 0.15) is 16.4 Å². The number of nitrogens with zero attached hydrogens (tertiary/aromatic N) is 2. The van der Waals surface area contributed by atoms with Crippen LogP contribution in [0.15, 0.2) is 24.4 Å². The van der Waals surface area contributed by atoms with Gasteiger partial charge < -0.3 is 5.32 Å². The van der Waals surface area contributed by atoms with Crippen LogP contribution in [0, 0.1) is 5.82 Å². The van der Waals surface area contributed by atoms with Crippen LogP contribution in [0.2, 0.25) is 5.02 Å². The number of hydrogen-bond acceptors (Lipinski definition) is 3. The highest BCUT2D eigenvalue weighted by molar-refractivity contribution is 8.00. The van der Waals surface area contributed by atoms with E-state index in [2.05, 4.69) is 10.4 Å². The largest absolute Gasteiger partial charge is 0.310 e. The first-order valence-corrected chi connectivity index (χ1v) is 7.37. The fraction of sp³-hybridized carbons (Fsp3) is 0.231. The van der Waals surface area contributed by atoms with Crippen molar-refractivity contribution < 1.29 is 9.18 Å². The Labute approximate surface area is 124 Å². The van der Waals surface area contributed by atoms with Crippen LogP contribution in [0.25, 0.3) is 0 Å². The van der Waals surface area contributed by atoms with Gasteiger partial charge in [-0.15, -0.1) is 11.8 Å². The fourth-order valence-electron chi connectivity index (χ4n) is 2.19. The summed E-state index contributed by atoms with van der Waals surface area (Å²) in [5, 5.41) is 7.00. The number of amides is 1. The van der Waals surface area contributed by atoms with E-state index >= 15 is 0 Å². The van der Waals surface area contributed by atoms with E-state index in [1.165, 1.54) is 17.8 Å². The summed E-state index contributed by atoms with van der Waals surface area (Å²) in [5.41, 5.74) is 1.30. The van der Waals surface area contributed by atoms with Gasteiger partial charge in [-0.1, -0.05) is 17.7 Å². The molecule has 0 bridgehead atoms. The Balaban J connectivity index is 2.11. The molecule has 1 amide bonds. The summed E-state index contributed by atoms with van der Waals surface area (Å²) in [7, 11) is 1.74. The van der Waals surface area contributed by atoms with Gasteiger partial charge in [0.15, 0.2) is 0 Å². The van der Waals surface area contributed by atoms with Crippen molar-refractivity contribution in [2.75, 3.05) is 11.1 Å². The maximum absolute atomic E-state index is 14.1. The van der Waals surface area contributed by atoms with Crippen molar-refractivity contribution in [2.24, 2.45) is 7.05 Å². The third-order valence-corrected chi connectivity index (χ3v) is 4.64. The lowest BCUT2D eigenvalue weighted by Gasteiger charge is -2.15. The quantitative estimate of drug-likeness (QED) is 0.880. The molecule has 1 N–H and O–H groups in total. The Kier molecular flexibility index (Phi) is 3.43. The molecule has 3 rings (SSSR count). The van der Waals surface area contributed by atoms with E-state index in [0.717, 1.165) is 5.56 Å². The minimum Gasteiger partial charge on any atom is -0.310 e. The van der Waals surface area contributed by atoms with Crippen LogP contribution in [-0.4, -0.2) is 21.4 Å². The molecule has 1 aromatic heterocycles. The highest BCUT2D eigenvalue weighted by atomic mass is 35.5. The van der Waals surface area contributed by atoms with Crippen molar-refractivity contribution in [1.82, 2.24) is 9.78 Å². The number of benzene rings is 1. The molecule has 1 aliphatic heterocycles. The normalized spacial score (nSPS) is 18.4. The zero-order chi connectivity index (χ0) is 14.3. The third-order valence-electron chi connectivity index (χ3n) is 3.13. The predicted octanol–water partition coefficient (Wildman–Crippen LogP) is 2.99.